The van der Waals surface area contributed by atoms with Gasteiger partial charge in [0, 0.05) is 25.3 Å². The molecule has 1 aromatic rings. The zero-order valence-corrected chi connectivity index (χ0v) is 11.1. The number of nitrogens with one attached hydrogen (secondary N) is 1. The van der Waals surface area contributed by atoms with E-state index in [0.717, 1.165) is 12.5 Å². The highest BCUT2D eigenvalue weighted by molar-refractivity contribution is 5.45. The number of hydrogen-bond donors (Lipinski definition) is 1. The van der Waals surface area contributed by atoms with Crippen LogP contribution in [0.15, 0.2) is 24.3 Å². The Balaban J connectivity index is 1.70. The van der Waals surface area contributed by atoms with Crippen molar-refractivity contribution in [2.75, 3.05) is 31.5 Å². The fourth-order valence-corrected chi connectivity index (χ4v) is 2.56. The molecule has 17 heavy (non-hydrogen) atoms. The van der Waals surface area contributed by atoms with Crippen LogP contribution in [0.5, 0.6) is 0 Å². The molecule has 1 heterocycles. The van der Waals surface area contributed by atoms with E-state index in [2.05, 4.69) is 48.3 Å². The molecular weight excluding hydrogens is 208 g/mol. The first-order chi connectivity index (χ1) is 8.28. The molecule has 0 spiro atoms. The Morgan fingerprint density at radius 3 is 3.00 bits per heavy atom. The second kappa shape index (κ2) is 6.06. The third kappa shape index (κ3) is 3.74. The molecule has 94 valence electrons. The molecule has 0 bridgehead atoms. The minimum atomic E-state index is 0.939. The molecular formula is C15H24N2. The second-order valence-corrected chi connectivity index (χ2v) is 5.16. The summed E-state index contributed by atoms with van der Waals surface area (Å²) in [5, 5.41) is 3.50. The number of nitrogens with zero attached hydrogens (tertiary/aromatic N) is 1. The summed E-state index contributed by atoms with van der Waals surface area (Å²) in [4.78, 5) is 2.58. The molecule has 1 aliphatic rings. The third-order valence-corrected chi connectivity index (χ3v) is 3.72. The Morgan fingerprint density at radius 2 is 2.29 bits per heavy atom. The van der Waals surface area contributed by atoms with Crippen LogP contribution in [0.25, 0.3) is 0 Å². The standard InChI is InChI=1S/C15H24N2/c1-3-14-7-9-17(12-14)10-8-16-15-6-4-5-13(2)11-15/h4-6,11,14,16H,3,7-10,12H2,1-2H3. The van der Waals surface area contributed by atoms with E-state index in [1.54, 1.807) is 0 Å². The summed E-state index contributed by atoms with van der Waals surface area (Å²) in [5.74, 6) is 0.939. The van der Waals surface area contributed by atoms with E-state index in [0.29, 0.717) is 0 Å². The van der Waals surface area contributed by atoms with Crippen LogP contribution in [0.2, 0.25) is 0 Å². The molecule has 2 heteroatoms. The predicted octanol–water partition coefficient (Wildman–Crippen LogP) is 3.14. The monoisotopic (exact) mass is 232 g/mol. The van der Waals surface area contributed by atoms with Crippen molar-refractivity contribution in [3.05, 3.63) is 29.8 Å². The highest BCUT2D eigenvalue weighted by Gasteiger charge is 2.19. The van der Waals surface area contributed by atoms with Crippen molar-refractivity contribution in [2.24, 2.45) is 5.92 Å². The van der Waals surface area contributed by atoms with E-state index in [9.17, 15) is 0 Å². The predicted molar refractivity (Wildman–Crippen MR) is 74.5 cm³/mol. The molecule has 1 aromatic carbocycles. The summed E-state index contributed by atoms with van der Waals surface area (Å²) >= 11 is 0. The lowest BCUT2D eigenvalue weighted by molar-refractivity contribution is 0.335. The maximum atomic E-state index is 3.50. The van der Waals surface area contributed by atoms with Gasteiger partial charge in [0.25, 0.3) is 0 Å². The topological polar surface area (TPSA) is 15.3 Å². The van der Waals surface area contributed by atoms with Crippen LogP contribution in [0.4, 0.5) is 5.69 Å². The summed E-state index contributed by atoms with van der Waals surface area (Å²) in [6.45, 7) is 9.25. The average molecular weight is 232 g/mol. The summed E-state index contributed by atoms with van der Waals surface area (Å²) in [5.41, 5.74) is 2.57. The van der Waals surface area contributed by atoms with Crippen molar-refractivity contribution in [1.82, 2.24) is 4.90 Å². The van der Waals surface area contributed by atoms with E-state index in [1.807, 2.05) is 0 Å². The van der Waals surface area contributed by atoms with Crippen LogP contribution in [0.1, 0.15) is 25.3 Å². The van der Waals surface area contributed by atoms with Gasteiger partial charge in [-0.3, -0.25) is 0 Å². The van der Waals surface area contributed by atoms with Crippen LogP contribution >= 0.6 is 0 Å². The van der Waals surface area contributed by atoms with Crippen molar-refractivity contribution < 1.29 is 0 Å². The molecule has 2 rings (SSSR count). The van der Waals surface area contributed by atoms with Gasteiger partial charge >= 0.3 is 0 Å². The maximum absolute atomic E-state index is 3.50. The summed E-state index contributed by atoms with van der Waals surface area (Å²) in [6.07, 6.45) is 2.72. The molecule has 1 fully saturated rings. The molecule has 1 saturated heterocycles. The smallest absolute Gasteiger partial charge is 0.0343 e. The quantitative estimate of drug-likeness (QED) is 0.839. The maximum Gasteiger partial charge on any atom is 0.0343 e. The van der Waals surface area contributed by atoms with E-state index in [1.165, 1.54) is 43.7 Å². The largest absolute Gasteiger partial charge is 0.384 e. The number of anilines is 1. The van der Waals surface area contributed by atoms with Crippen LogP contribution < -0.4 is 5.32 Å². The number of hydrogen-bond acceptors (Lipinski definition) is 2. The van der Waals surface area contributed by atoms with E-state index in [-0.39, 0.29) is 0 Å². The minimum absolute atomic E-state index is 0.939. The van der Waals surface area contributed by atoms with Crippen molar-refractivity contribution in [2.45, 2.75) is 26.7 Å². The van der Waals surface area contributed by atoms with Crippen LogP contribution in [0.3, 0.4) is 0 Å². The Morgan fingerprint density at radius 1 is 1.41 bits per heavy atom. The Hall–Kier alpha value is -1.02. The van der Waals surface area contributed by atoms with Gasteiger partial charge in [0.05, 0.1) is 0 Å². The Labute approximate surface area is 105 Å². The highest BCUT2D eigenvalue weighted by Crippen LogP contribution is 2.18. The molecule has 1 atom stereocenters. The Bertz CT molecular complexity index is 349. The average Bonchev–Trinajstić information content (AvgIpc) is 2.77. The lowest BCUT2D eigenvalue weighted by atomic mass is 10.1. The van der Waals surface area contributed by atoms with E-state index >= 15 is 0 Å². The van der Waals surface area contributed by atoms with Gasteiger partial charge in [-0.25, -0.2) is 0 Å². The van der Waals surface area contributed by atoms with Gasteiger partial charge in [0.1, 0.15) is 0 Å². The third-order valence-electron chi connectivity index (χ3n) is 3.72. The molecule has 1 unspecified atom stereocenters. The molecule has 1 aliphatic heterocycles. The number of likely N-dealkylation sites (tertiary alicyclic amines) is 1. The number of aryl methyl sites for hydroxylation is 1. The summed E-state index contributed by atoms with van der Waals surface area (Å²) in [7, 11) is 0. The minimum Gasteiger partial charge on any atom is -0.384 e. The molecule has 0 amide bonds. The lowest BCUT2D eigenvalue weighted by Gasteiger charge is -2.16. The van der Waals surface area contributed by atoms with Gasteiger partial charge in [-0.05, 0) is 43.5 Å². The van der Waals surface area contributed by atoms with Crippen molar-refractivity contribution >= 4 is 5.69 Å². The SMILES string of the molecule is CCC1CCN(CCNc2cccc(C)c2)C1. The van der Waals surface area contributed by atoms with Crippen molar-refractivity contribution in [3.63, 3.8) is 0 Å². The van der Waals surface area contributed by atoms with Crippen molar-refractivity contribution in [3.8, 4) is 0 Å². The lowest BCUT2D eigenvalue weighted by Crippen LogP contribution is -2.26. The Kier molecular flexibility index (Phi) is 4.43. The molecule has 0 saturated carbocycles. The van der Waals surface area contributed by atoms with E-state index < -0.39 is 0 Å². The molecule has 2 nitrogen and oxygen atoms in total. The summed E-state index contributed by atoms with van der Waals surface area (Å²) in [6, 6.07) is 8.60. The fraction of sp³-hybridized carbons (Fsp3) is 0.600. The highest BCUT2D eigenvalue weighted by atomic mass is 15.2. The van der Waals surface area contributed by atoms with Gasteiger partial charge in [0.15, 0.2) is 0 Å². The molecule has 0 radical (unpaired) electrons. The van der Waals surface area contributed by atoms with Crippen molar-refractivity contribution in [1.29, 1.82) is 0 Å². The van der Waals surface area contributed by atoms with Crippen LogP contribution in [-0.2, 0) is 0 Å². The van der Waals surface area contributed by atoms with Gasteiger partial charge in [0.2, 0.25) is 0 Å². The van der Waals surface area contributed by atoms with Gasteiger partial charge < -0.3 is 10.2 Å². The van der Waals surface area contributed by atoms with Gasteiger partial charge in [-0.15, -0.1) is 0 Å². The molecule has 0 aromatic heterocycles. The van der Waals surface area contributed by atoms with E-state index in [4.69, 9.17) is 0 Å². The second-order valence-electron chi connectivity index (χ2n) is 5.16. The zero-order valence-electron chi connectivity index (χ0n) is 11.1. The first-order valence-corrected chi connectivity index (χ1v) is 6.81. The molecule has 1 N–H and O–H groups in total. The normalized spacial score (nSPS) is 20.7. The fourth-order valence-electron chi connectivity index (χ4n) is 2.56. The van der Waals surface area contributed by atoms with Gasteiger partial charge in [-0.1, -0.05) is 25.5 Å². The summed E-state index contributed by atoms with van der Waals surface area (Å²) < 4.78 is 0. The first kappa shape index (κ1) is 12.4. The first-order valence-electron chi connectivity index (χ1n) is 6.81. The zero-order chi connectivity index (χ0) is 12.1. The molecule has 0 aliphatic carbocycles. The van der Waals surface area contributed by atoms with Crippen LogP contribution in [-0.4, -0.2) is 31.1 Å². The number of benzene rings is 1. The number of rotatable bonds is 5. The van der Waals surface area contributed by atoms with Gasteiger partial charge in [-0.2, -0.15) is 0 Å². The van der Waals surface area contributed by atoms with Crippen LogP contribution in [0, 0.1) is 12.8 Å².